The van der Waals surface area contributed by atoms with Gasteiger partial charge in [0.05, 0.1) is 14.2 Å². The molecule has 1 N–H and O–H groups in total. The largest absolute Gasteiger partial charge is 0.493 e. The van der Waals surface area contributed by atoms with Gasteiger partial charge in [-0.3, -0.25) is 0 Å². The third-order valence-electron chi connectivity index (χ3n) is 6.68. The molecule has 1 aliphatic carbocycles. The van der Waals surface area contributed by atoms with Gasteiger partial charge in [0.15, 0.2) is 11.5 Å². The van der Waals surface area contributed by atoms with Crippen molar-refractivity contribution in [1.82, 2.24) is 5.32 Å². The third kappa shape index (κ3) is 3.50. The zero-order valence-corrected chi connectivity index (χ0v) is 17.7. The van der Waals surface area contributed by atoms with Crippen molar-refractivity contribution in [2.24, 2.45) is 0 Å². The summed E-state index contributed by atoms with van der Waals surface area (Å²) >= 11 is 0. The predicted octanol–water partition coefficient (Wildman–Crippen LogP) is 5.78. The molecule has 1 aliphatic heterocycles. The van der Waals surface area contributed by atoms with Gasteiger partial charge in [0, 0.05) is 30.6 Å². The summed E-state index contributed by atoms with van der Waals surface area (Å²) in [7, 11) is 3.36. The van der Waals surface area contributed by atoms with E-state index in [1.807, 2.05) is 6.07 Å². The molecule has 0 radical (unpaired) electrons. The Morgan fingerprint density at radius 1 is 0.933 bits per heavy atom. The Morgan fingerprint density at radius 2 is 1.67 bits per heavy atom. The number of methoxy groups -OCH3 is 2. The molecule has 2 aliphatic rings. The molecule has 0 amide bonds. The molecule has 4 heteroatoms. The summed E-state index contributed by atoms with van der Waals surface area (Å²) in [6.07, 6.45) is 5.70. The maximum Gasteiger partial charge on any atom is 0.164 e. The van der Waals surface area contributed by atoms with E-state index >= 15 is 0 Å². The Balaban J connectivity index is 1.45. The van der Waals surface area contributed by atoms with Gasteiger partial charge in [0.25, 0.3) is 0 Å². The van der Waals surface area contributed by atoms with Crippen molar-refractivity contribution >= 4 is 10.8 Å². The topological polar surface area (TPSA) is 39.7 Å². The first-order valence-corrected chi connectivity index (χ1v) is 10.9. The Morgan fingerprint density at radius 3 is 2.43 bits per heavy atom. The van der Waals surface area contributed by atoms with Crippen molar-refractivity contribution in [3.05, 3.63) is 65.7 Å². The molecule has 0 aromatic heterocycles. The maximum absolute atomic E-state index is 6.59. The number of ether oxygens (including phenoxy) is 3. The molecule has 30 heavy (non-hydrogen) atoms. The van der Waals surface area contributed by atoms with Crippen molar-refractivity contribution < 1.29 is 14.2 Å². The second-order valence-corrected chi connectivity index (χ2v) is 8.56. The Hall–Kier alpha value is -2.72. The molecular formula is C26H29NO3. The highest BCUT2D eigenvalue weighted by Crippen LogP contribution is 2.50. The summed E-state index contributed by atoms with van der Waals surface area (Å²) in [5, 5.41) is 6.38. The van der Waals surface area contributed by atoms with Crippen LogP contribution in [-0.4, -0.2) is 19.8 Å². The van der Waals surface area contributed by atoms with Crippen LogP contribution in [0, 0.1) is 0 Å². The van der Waals surface area contributed by atoms with Crippen LogP contribution in [0.2, 0.25) is 0 Å². The number of benzene rings is 3. The average molecular weight is 404 g/mol. The molecule has 1 fully saturated rings. The average Bonchev–Trinajstić information content (AvgIpc) is 3.23. The number of fused-ring (bicyclic) bond motifs is 2. The fourth-order valence-electron chi connectivity index (χ4n) is 5.09. The molecule has 5 rings (SSSR count). The fraction of sp³-hybridized carbons (Fsp3) is 0.385. The Kier molecular flexibility index (Phi) is 5.03. The van der Waals surface area contributed by atoms with Crippen LogP contribution in [0.4, 0.5) is 0 Å². The number of hydrogen-bond acceptors (Lipinski definition) is 4. The van der Waals surface area contributed by atoms with Crippen molar-refractivity contribution in [3.63, 3.8) is 0 Å². The third-order valence-corrected chi connectivity index (χ3v) is 6.68. The molecule has 0 bridgehead atoms. The summed E-state index contributed by atoms with van der Waals surface area (Å²) in [5.41, 5.74) is 2.39. The monoisotopic (exact) mass is 403 g/mol. The molecule has 1 spiro atoms. The minimum atomic E-state index is -0.0619. The van der Waals surface area contributed by atoms with Crippen LogP contribution in [-0.2, 0) is 6.54 Å². The predicted molar refractivity (Wildman–Crippen MR) is 120 cm³/mol. The summed E-state index contributed by atoms with van der Waals surface area (Å²) < 4.78 is 17.7. The Bertz CT molecular complexity index is 1060. The first kappa shape index (κ1) is 19.3. The van der Waals surface area contributed by atoms with E-state index in [2.05, 4.69) is 53.8 Å². The smallest absolute Gasteiger partial charge is 0.164 e. The highest BCUT2D eigenvalue weighted by molar-refractivity contribution is 5.82. The lowest BCUT2D eigenvalue weighted by Crippen LogP contribution is -2.42. The van der Waals surface area contributed by atoms with Gasteiger partial charge in [-0.05, 0) is 54.2 Å². The van der Waals surface area contributed by atoms with Crippen LogP contribution in [0.5, 0.6) is 17.2 Å². The maximum atomic E-state index is 6.59. The lowest BCUT2D eigenvalue weighted by Gasteiger charge is -2.40. The lowest BCUT2D eigenvalue weighted by molar-refractivity contribution is 0.0360. The van der Waals surface area contributed by atoms with E-state index in [4.69, 9.17) is 14.2 Å². The van der Waals surface area contributed by atoms with Gasteiger partial charge in [-0.1, -0.05) is 36.4 Å². The normalized spacial score (nSPS) is 19.5. The molecule has 1 saturated carbocycles. The minimum absolute atomic E-state index is 0.0619. The van der Waals surface area contributed by atoms with E-state index in [1.54, 1.807) is 14.2 Å². The van der Waals surface area contributed by atoms with E-state index in [9.17, 15) is 0 Å². The van der Waals surface area contributed by atoms with Crippen molar-refractivity contribution in [2.45, 2.75) is 50.3 Å². The van der Waals surface area contributed by atoms with Gasteiger partial charge in [-0.2, -0.15) is 0 Å². The zero-order valence-electron chi connectivity index (χ0n) is 17.7. The second-order valence-electron chi connectivity index (χ2n) is 8.56. The van der Waals surface area contributed by atoms with Crippen LogP contribution < -0.4 is 19.5 Å². The van der Waals surface area contributed by atoms with E-state index in [-0.39, 0.29) is 11.6 Å². The summed E-state index contributed by atoms with van der Waals surface area (Å²) in [4.78, 5) is 0. The minimum Gasteiger partial charge on any atom is -0.493 e. The molecule has 1 atom stereocenters. The molecule has 1 heterocycles. The lowest BCUT2D eigenvalue weighted by atomic mass is 9.85. The highest BCUT2D eigenvalue weighted by Gasteiger charge is 2.43. The summed E-state index contributed by atoms with van der Waals surface area (Å²) in [5.74, 6) is 2.40. The van der Waals surface area contributed by atoms with Crippen molar-refractivity contribution in [3.8, 4) is 17.2 Å². The van der Waals surface area contributed by atoms with Crippen LogP contribution in [0.1, 0.15) is 49.3 Å². The summed E-state index contributed by atoms with van der Waals surface area (Å²) in [6, 6.07) is 19.5. The van der Waals surface area contributed by atoms with Crippen LogP contribution >= 0.6 is 0 Å². The quantitative estimate of drug-likeness (QED) is 0.586. The number of hydrogen-bond donors (Lipinski definition) is 1. The molecule has 156 valence electrons. The first-order valence-electron chi connectivity index (χ1n) is 10.9. The zero-order chi connectivity index (χ0) is 20.6. The van der Waals surface area contributed by atoms with Crippen LogP contribution in [0.3, 0.4) is 0 Å². The standard InChI is InChI=1S/C26H29NO3/c1-28-24-14-21-22(27-17-18-9-10-19-7-3-4-8-20(19)13-18)16-26(11-5-6-12-26)30-23(21)15-25(24)29-2/h3-4,7-10,13-15,22,27H,5-6,11-12,16-17H2,1-2H3. The van der Waals surface area contributed by atoms with Gasteiger partial charge >= 0.3 is 0 Å². The number of nitrogens with one attached hydrogen (secondary N) is 1. The van der Waals surface area contributed by atoms with Gasteiger partial charge in [-0.25, -0.2) is 0 Å². The number of rotatable bonds is 5. The molecule has 1 unspecified atom stereocenters. The van der Waals surface area contributed by atoms with Crippen LogP contribution in [0.15, 0.2) is 54.6 Å². The van der Waals surface area contributed by atoms with E-state index < -0.39 is 0 Å². The molecule has 3 aromatic carbocycles. The van der Waals surface area contributed by atoms with Crippen LogP contribution in [0.25, 0.3) is 10.8 Å². The second kappa shape index (κ2) is 7.84. The van der Waals surface area contributed by atoms with E-state index in [0.717, 1.165) is 48.6 Å². The van der Waals surface area contributed by atoms with Gasteiger partial charge in [0.1, 0.15) is 11.4 Å². The first-order chi connectivity index (χ1) is 14.7. The highest BCUT2D eigenvalue weighted by atomic mass is 16.5. The van der Waals surface area contributed by atoms with Crippen molar-refractivity contribution in [1.29, 1.82) is 0 Å². The molecule has 4 nitrogen and oxygen atoms in total. The van der Waals surface area contributed by atoms with Gasteiger partial charge in [-0.15, -0.1) is 0 Å². The SMILES string of the molecule is COc1cc2c(cc1OC)C(NCc1ccc3ccccc3c1)CC1(CCCC1)O2. The fourth-order valence-corrected chi connectivity index (χ4v) is 5.09. The van der Waals surface area contributed by atoms with E-state index in [0.29, 0.717) is 0 Å². The Labute approximate surface area is 178 Å². The molecule has 3 aromatic rings. The van der Waals surface area contributed by atoms with Gasteiger partial charge in [0.2, 0.25) is 0 Å². The van der Waals surface area contributed by atoms with E-state index in [1.165, 1.54) is 29.2 Å². The van der Waals surface area contributed by atoms with Crippen molar-refractivity contribution in [2.75, 3.05) is 14.2 Å². The van der Waals surface area contributed by atoms with Gasteiger partial charge < -0.3 is 19.5 Å². The summed E-state index contributed by atoms with van der Waals surface area (Å²) in [6.45, 7) is 0.819. The molecular weight excluding hydrogens is 374 g/mol. The molecule has 0 saturated heterocycles.